The van der Waals surface area contributed by atoms with Gasteiger partial charge < -0.3 is 10.5 Å². The number of hydrogen-bond acceptors (Lipinski definition) is 4. The zero-order valence-corrected chi connectivity index (χ0v) is 11.5. The fourth-order valence-corrected chi connectivity index (χ4v) is 1.77. The molecule has 6 heteroatoms. The Balaban J connectivity index is 1.83. The minimum absolute atomic E-state index is 0.0947. The van der Waals surface area contributed by atoms with Crippen LogP contribution in [0.25, 0.3) is 0 Å². The summed E-state index contributed by atoms with van der Waals surface area (Å²) >= 11 is 0. The van der Waals surface area contributed by atoms with Crippen LogP contribution in [0.4, 0.5) is 8.78 Å². The van der Waals surface area contributed by atoms with Crippen LogP contribution in [0.1, 0.15) is 11.4 Å². The summed E-state index contributed by atoms with van der Waals surface area (Å²) in [5.41, 5.74) is 6.39. The first-order chi connectivity index (χ1) is 10.1. The van der Waals surface area contributed by atoms with Gasteiger partial charge in [-0.3, -0.25) is 0 Å². The van der Waals surface area contributed by atoms with Gasteiger partial charge in [0.25, 0.3) is 5.92 Å². The van der Waals surface area contributed by atoms with E-state index < -0.39 is 18.6 Å². The molecule has 0 bridgehead atoms. The van der Waals surface area contributed by atoms with Crippen molar-refractivity contribution in [3.05, 3.63) is 60.2 Å². The molecule has 2 rings (SSSR count). The van der Waals surface area contributed by atoms with Crippen LogP contribution in [0.3, 0.4) is 0 Å². The molecule has 1 heterocycles. The van der Waals surface area contributed by atoms with Crippen molar-refractivity contribution in [1.82, 2.24) is 9.97 Å². The van der Waals surface area contributed by atoms with Gasteiger partial charge in [-0.25, -0.2) is 18.7 Å². The van der Waals surface area contributed by atoms with Crippen molar-refractivity contribution in [2.75, 3.05) is 6.61 Å². The van der Waals surface area contributed by atoms with Crippen molar-refractivity contribution in [3.8, 4) is 0 Å². The Bertz CT molecular complexity index is 537. The van der Waals surface area contributed by atoms with Gasteiger partial charge in [0, 0.05) is 18.8 Å². The Kier molecular flexibility index (Phi) is 5.30. The minimum atomic E-state index is -3.13. The third kappa shape index (κ3) is 4.84. The highest BCUT2D eigenvalue weighted by atomic mass is 19.3. The van der Waals surface area contributed by atoms with Crippen molar-refractivity contribution in [3.63, 3.8) is 0 Å². The van der Waals surface area contributed by atoms with Crippen molar-refractivity contribution >= 4 is 0 Å². The molecule has 112 valence electrons. The van der Waals surface area contributed by atoms with Crippen molar-refractivity contribution in [2.24, 2.45) is 5.73 Å². The molecule has 0 aliphatic heterocycles. The maximum atomic E-state index is 13.9. The molecule has 0 radical (unpaired) electrons. The summed E-state index contributed by atoms with van der Waals surface area (Å²) in [4.78, 5) is 7.79. The smallest absolute Gasteiger partial charge is 0.286 e. The van der Waals surface area contributed by atoms with Crippen molar-refractivity contribution in [1.29, 1.82) is 0 Å². The van der Waals surface area contributed by atoms with Crippen LogP contribution in [0, 0.1) is 0 Å². The summed E-state index contributed by atoms with van der Waals surface area (Å²) in [6.45, 7) is -0.596. The second-order valence-corrected chi connectivity index (χ2v) is 4.72. The topological polar surface area (TPSA) is 61.0 Å². The fraction of sp³-hybridized carbons (Fsp3) is 0.333. The molecule has 1 atom stereocenters. The molecular weight excluding hydrogens is 276 g/mol. The molecule has 0 aliphatic rings. The summed E-state index contributed by atoms with van der Waals surface area (Å²) in [5, 5.41) is 0. The lowest BCUT2D eigenvalue weighted by Gasteiger charge is -2.22. The minimum Gasteiger partial charge on any atom is -0.370 e. The van der Waals surface area contributed by atoms with E-state index >= 15 is 0 Å². The van der Waals surface area contributed by atoms with Crippen LogP contribution in [0.2, 0.25) is 0 Å². The van der Waals surface area contributed by atoms with E-state index in [0.29, 0.717) is 5.82 Å². The third-order valence-corrected chi connectivity index (χ3v) is 2.97. The standard InChI is InChI=1S/C15H17F2N3O/c16-15(17,11-21-10-12-5-2-1-3-6-12)13(18)9-14-19-7-4-8-20-14/h1-8,13H,9-11,18H2. The molecule has 1 aromatic carbocycles. The third-order valence-electron chi connectivity index (χ3n) is 2.97. The van der Waals surface area contributed by atoms with Gasteiger partial charge in [0.2, 0.25) is 0 Å². The highest BCUT2D eigenvalue weighted by Gasteiger charge is 2.37. The Morgan fingerprint density at radius 2 is 1.76 bits per heavy atom. The van der Waals surface area contributed by atoms with E-state index in [4.69, 9.17) is 10.5 Å². The zero-order valence-electron chi connectivity index (χ0n) is 11.5. The molecule has 1 aromatic heterocycles. The molecule has 1 unspecified atom stereocenters. The van der Waals surface area contributed by atoms with Crippen LogP contribution in [0.15, 0.2) is 48.8 Å². The summed E-state index contributed by atoms with van der Waals surface area (Å²) in [6.07, 6.45) is 2.90. The van der Waals surface area contributed by atoms with E-state index in [-0.39, 0.29) is 13.0 Å². The van der Waals surface area contributed by atoms with Gasteiger partial charge in [0.1, 0.15) is 12.4 Å². The molecule has 0 saturated carbocycles. The lowest BCUT2D eigenvalue weighted by molar-refractivity contribution is -0.0978. The Hall–Kier alpha value is -1.92. The zero-order chi connectivity index (χ0) is 15.1. The van der Waals surface area contributed by atoms with Gasteiger partial charge >= 0.3 is 0 Å². The predicted octanol–water partition coefficient (Wildman–Crippen LogP) is 2.20. The second-order valence-electron chi connectivity index (χ2n) is 4.72. The summed E-state index contributed by atoms with van der Waals surface area (Å²) in [5.74, 6) is -2.83. The number of hydrogen-bond donors (Lipinski definition) is 1. The number of alkyl halides is 2. The van der Waals surface area contributed by atoms with Crippen LogP contribution in [0.5, 0.6) is 0 Å². The summed E-state index contributed by atoms with van der Waals surface area (Å²) < 4.78 is 32.9. The molecule has 0 fully saturated rings. The maximum Gasteiger partial charge on any atom is 0.286 e. The lowest BCUT2D eigenvalue weighted by Crippen LogP contribution is -2.46. The molecule has 0 amide bonds. The van der Waals surface area contributed by atoms with Crippen LogP contribution in [-0.4, -0.2) is 28.5 Å². The van der Waals surface area contributed by atoms with Gasteiger partial charge in [-0.05, 0) is 11.6 Å². The second kappa shape index (κ2) is 7.19. The van der Waals surface area contributed by atoms with Crippen molar-refractivity contribution in [2.45, 2.75) is 25.0 Å². The fourth-order valence-electron chi connectivity index (χ4n) is 1.77. The average molecular weight is 293 g/mol. The molecule has 0 aliphatic carbocycles. The summed E-state index contributed by atoms with van der Waals surface area (Å²) in [7, 11) is 0. The number of nitrogens with two attached hydrogens (primary N) is 1. The predicted molar refractivity (Wildman–Crippen MR) is 74.8 cm³/mol. The normalized spacial score (nSPS) is 13.1. The molecule has 0 spiro atoms. The first-order valence-corrected chi connectivity index (χ1v) is 6.59. The highest BCUT2D eigenvalue weighted by Crippen LogP contribution is 2.20. The van der Waals surface area contributed by atoms with Crippen LogP contribution >= 0.6 is 0 Å². The number of nitrogens with zero attached hydrogens (tertiary/aromatic N) is 2. The molecule has 21 heavy (non-hydrogen) atoms. The molecular formula is C15H17F2N3O. The first kappa shape index (κ1) is 15.5. The van der Waals surface area contributed by atoms with Crippen molar-refractivity contribution < 1.29 is 13.5 Å². The largest absolute Gasteiger partial charge is 0.370 e. The number of aromatic nitrogens is 2. The molecule has 0 saturated heterocycles. The number of rotatable bonds is 7. The van der Waals surface area contributed by atoms with E-state index in [2.05, 4.69) is 9.97 Å². The lowest BCUT2D eigenvalue weighted by atomic mass is 10.1. The molecule has 2 aromatic rings. The number of halogens is 2. The van der Waals surface area contributed by atoms with Gasteiger partial charge in [-0.1, -0.05) is 30.3 Å². The van der Waals surface area contributed by atoms with E-state index in [9.17, 15) is 8.78 Å². The van der Waals surface area contributed by atoms with Gasteiger partial charge in [-0.15, -0.1) is 0 Å². The van der Waals surface area contributed by atoms with Gasteiger partial charge in [-0.2, -0.15) is 0 Å². The molecule has 4 nitrogen and oxygen atoms in total. The number of ether oxygens (including phenoxy) is 1. The van der Waals surface area contributed by atoms with E-state index in [1.807, 2.05) is 30.3 Å². The van der Waals surface area contributed by atoms with E-state index in [0.717, 1.165) is 5.56 Å². The number of benzene rings is 1. The Labute approximate surface area is 122 Å². The highest BCUT2D eigenvalue weighted by molar-refractivity contribution is 5.13. The summed E-state index contributed by atoms with van der Waals surface area (Å²) in [6, 6.07) is 9.39. The molecule has 2 N–H and O–H groups in total. The average Bonchev–Trinajstić information content (AvgIpc) is 2.49. The Morgan fingerprint density at radius 3 is 2.43 bits per heavy atom. The van der Waals surface area contributed by atoms with Gasteiger partial charge in [0.05, 0.1) is 12.6 Å². The van der Waals surface area contributed by atoms with E-state index in [1.165, 1.54) is 12.4 Å². The van der Waals surface area contributed by atoms with E-state index in [1.54, 1.807) is 6.07 Å². The Morgan fingerprint density at radius 1 is 1.10 bits per heavy atom. The van der Waals surface area contributed by atoms with Crippen LogP contribution < -0.4 is 5.73 Å². The monoisotopic (exact) mass is 293 g/mol. The van der Waals surface area contributed by atoms with Crippen LogP contribution in [-0.2, 0) is 17.8 Å². The first-order valence-electron chi connectivity index (χ1n) is 6.59. The van der Waals surface area contributed by atoms with Gasteiger partial charge in [0.15, 0.2) is 0 Å². The SMILES string of the molecule is NC(Cc1ncccn1)C(F)(F)COCc1ccccc1. The quantitative estimate of drug-likeness (QED) is 0.850. The maximum absolute atomic E-state index is 13.9.